The molecule has 0 spiro atoms. The zero-order chi connectivity index (χ0) is 9.30. The molecule has 12 heavy (non-hydrogen) atoms. The van der Waals surface area contributed by atoms with E-state index >= 15 is 0 Å². The maximum Gasteiger partial charge on any atom is 0.344 e. The summed E-state index contributed by atoms with van der Waals surface area (Å²) in [5, 5.41) is 17.7. The molecule has 0 fully saturated rings. The van der Waals surface area contributed by atoms with Crippen LogP contribution in [0.5, 0.6) is 0 Å². The summed E-state index contributed by atoms with van der Waals surface area (Å²) in [7, 11) is 0. The molecule has 0 saturated heterocycles. The van der Waals surface area contributed by atoms with E-state index in [1.807, 2.05) is 0 Å². The summed E-state index contributed by atoms with van der Waals surface area (Å²) in [5.74, 6) is -1.32. The molecule has 0 saturated carbocycles. The summed E-state index contributed by atoms with van der Waals surface area (Å²) in [4.78, 5) is 10.5. The first kappa shape index (κ1) is 8.32. The summed E-state index contributed by atoms with van der Waals surface area (Å²) < 4.78 is 0.642. The molecule has 4 N–H and O–H groups in total. The van der Waals surface area contributed by atoms with Crippen molar-refractivity contribution in [2.45, 2.75) is 6.92 Å². The van der Waals surface area contributed by atoms with E-state index in [4.69, 9.17) is 16.0 Å². The van der Waals surface area contributed by atoms with Crippen LogP contribution >= 0.6 is 0 Å². The van der Waals surface area contributed by atoms with Gasteiger partial charge >= 0.3 is 11.8 Å². The number of hydrogen-bond donors (Lipinski definition) is 3. The fourth-order valence-electron chi connectivity index (χ4n) is 0.845. The molecule has 0 aliphatic rings. The van der Waals surface area contributed by atoms with E-state index in [1.165, 1.54) is 12.1 Å². The zero-order valence-electron chi connectivity index (χ0n) is 6.48. The molecule has 0 atom stereocenters. The van der Waals surface area contributed by atoms with Gasteiger partial charge in [-0.15, -0.1) is 0 Å². The molecule has 0 bridgehead atoms. The molecule has 1 aromatic rings. The van der Waals surface area contributed by atoms with Crippen molar-refractivity contribution in [2.75, 3.05) is 5.73 Å². The van der Waals surface area contributed by atoms with Crippen LogP contribution in [0.3, 0.4) is 0 Å². The fourth-order valence-corrected chi connectivity index (χ4v) is 0.845. The number of rotatable bonds is 1. The third-order valence-electron chi connectivity index (χ3n) is 1.56. The number of carbonyl (C=O) groups is 1. The van der Waals surface area contributed by atoms with Gasteiger partial charge in [0.15, 0.2) is 5.56 Å². The number of nitrogens with zero attached hydrogens (tertiary/aromatic N) is 1. The lowest BCUT2D eigenvalue weighted by molar-refractivity contribution is -0.897. The maximum atomic E-state index is 10.5. The Bertz CT molecular complexity index is 336. The summed E-state index contributed by atoms with van der Waals surface area (Å²) in [5.41, 5.74) is 5.69. The average molecular weight is 169 g/mol. The Hall–Kier alpha value is -1.78. The van der Waals surface area contributed by atoms with Gasteiger partial charge in [-0.2, -0.15) is 0 Å². The van der Waals surface area contributed by atoms with Crippen LogP contribution in [0.25, 0.3) is 0 Å². The van der Waals surface area contributed by atoms with Crippen LogP contribution in [0, 0.1) is 6.92 Å². The lowest BCUT2D eigenvalue weighted by atomic mass is 10.2. The van der Waals surface area contributed by atoms with Gasteiger partial charge in [0.2, 0.25) is 0 Å². The molecule has 0 aliphatic carbocycles. The molecule has 1 rings (SSSR count). The second kappa shape index (κ2) is 2.69. The standard InChI is InChI=1S/C7H8N2O3/c1-4-2-3-5(7(10)11)6(8)9(4)12/h2-3,8,12H,1H3,(H,10,11)/p+1. The van der Waals surface area contributed by atoms with Crippen molar-refractivity contribution >= 4 is 11.8 Å². The molecular formula is C7H9N2O3+. The lowest BCUT2D eigenvalue weighted by Crippen LogP contribution is -2.38. The van der Waals surface area contributed by atoms with Crippen molar-refractivity contribution in [3.05, 3.63) is 23.4 Å². The van der Waals surface area contributed by atoms with E-state index in [2.05, 4.69) is 0 Å². The van der Waals surface area contributed by atoms with E-state index in [0.29, 0.717) is 10.4 Å². The highest BCUT2D eigenvalue weighted by molar-refractivity contribution is 5.91. The third-order valence-corrected chi connectivity index (χ3v) is 1.56. The van der Waals surface area contributed by atoms with Crippen LogP contribution in [0.4, 0.5) is 5.82 Å². The van der Waals surface area contributed by atoms with Gasteiger partial charge in [-0.3, -0.25) is 5.73 Å². The van der Waals surface area contributed by atoms with Gasteiger partial charge in [-0.1, -0.05) is 0 Å². The van der Waals surface area contributed by atoms with Gasteiger partial charge in [0.25, 0.3) is 0 Å². The number of anilines is 1. The minimum absolute atomic E-state index is 0.108. The molecule has 5 nitrogen and oxygen atoms in total. The number of carboxylic acid groups (broad SMARTS) is 1. The van der Waals surface area contributed by atoms with Crippen molar-refractivity contribution in [1.29, 1.82) is 0 Å². The van der Waals surface area contributed by atoms with Crippen molar-refractivity contribution < 1.29 is 19.8 Å². The molecule has 1 heterocycles. The molecule has 5 heteroatoms. The Balaban J connectivity index is 3.36. The van der Waals surface area contributed by atoms with Crippen LogP contribution in [0.2, 0.25) is 0 Å². The first-order valence-corrected chi connectivity index (χ1v) is 3.27. The topological polar surface area (TPSA) is 87.4 Å². The van der Waals surface area contributed by atoms with Crippen LogP contribution in [0.1, 0.15) is 16.1 Å². The smallest absolute Gasteiger partial charge is 0.344 e. The van der Waals surface area contributed by atoms with Gasteiger partial charge in [0, 0.05) is 6.92 Å². The molecule has 0 unspecified atom stereocenters. The number of aromatic carboxylic acids is 1. The number of nitrogen functional groups attached to an aromatic ring is 1. The van der Waals surface area contributed by atoms with Crippen molar-refractivity contribution in [2.24, 2.45) is 0 Å². The Morgan fingerprint density at radius 2 is 2.17 bits per heavy atom. The van der Waals surface area contributed by atoms with Gasteiger partial charge in [-0.05, 0) is 16.9 Å². The first-order chi connectivity index (χ1) is 5.54. The Morgan fingerprint density at radius 3 is 2.67 bits per heavy atom. The number of hydrogen-bond acceptors (Lipinski definition) is 3. The van der Waals surface area contributed by atoms with Gasteiger partial charge < -0.3 is 10.3 Å². The highest BCUT2D eigenvalue weighted by Crippen LogP contribution is 2.06. The van der Waals surface area contributed by atoms with Crippen LogP contribution in [-0.2, 0) is 0 Å². The Kier molecular flexibility index (Phi) is 1.86. The van der Waals surface area contributed by atoms with Crippen molar-refractivity contribution in [3.63, 3.8) is 0 Å². The normalized spacial score (nSPS) is 9.75. The van der Waals surface area contributed by atoms with Crippen LogP contribution in [0.15, 0.2) is 12.1 Å². The molecule has 1 aromatic heterocycles. The number of pyridine rings is 1. The summed E-state index contributed by atoms with van der Waals surface area (Å²) >= 11 is 0. The van der Waals surface area contributed by atoms with E-state index in [1.54, 1.807) is 6.92 Å². The van der Waals surface area contributed by atoms with Crippen molar-refractivity contribution in [1.82, 2.24) is 0 Å². The number of aromatic nitrogens is 1. The van der Waals surface area contributed by atoms with Gasteiger partial charge in [-0.25, -0.2) is 4.79 Å². The quantitative estimate of drug-likeness (QED) is 0.401. The highest BCUT2D eigenvalue weighted by atomic mass is 16.5. The molecule has 0 radical (unpaired) electrons. The molecule has 0 aromatic carbocycles. The van der Waals surface area contributed by atoms with Crippen LogP contribution < -0.4 is 10.5 Å². The minimum atomic E-state index is -1.16. The van der Waals surface area contributed by atoms with Crippen molar-refractivity contribution in [3.8, 4) is 0 Å². The Labute approximate surface area is 68.6 Å². The largest absolute Gasteiger partial charge is 0.477 e. The van der Waals surface area contributed by atoms with Crippen LogP contribution in [-0.4, -0.2) is 16.3 Å². The van der Waals surface area contributed by atoms with E-state index in [9.17, 15) is 4.79 Å². The van der Waals surface area contributed by atoms with Gasteiger partial charge in [0.05, 0.1) is 0 Å². The number of aryl methyl sites for hydroxylation is 1. The predicted molar refractivity (Wildman–Crippen MR) is 39.9 cm³/mol. The highest BCUT2D eigenvalue weighted by Gasteiger charge is 2.18. The molecule has 0 aliphatic heterocycles. The predicted octanol–water partition coefficient (Wildman–Crippen LogP) is -0.200. The monoisotopic (exact) mass is 169 g/mol. The fraction of sp³-hybridized carbons (Fsp3) is 0.143. The SMILES string of the molecule is Cc1ccc(C(=O)O)c(N)[n+]1O. The third kappa shape index (κ3) is 1.16. The molecular weight excluding hydrogens is 160 g/mol. The average Bonchev–Trinajstić information content (AvgIpc) is 2.00. The summed E-state index contributed by atoms with van der Waals surface area (Å²) in [6, 6.07) is 2.82. The van der Waals surface area contributed by atoms with E-state index in [-0.39, 0.29) is 11.4 Å². The minimum Gasteiger partial charge on any atom is -0.477 e. The Morgan fingerprint density at radius 1 is 1.58 bits per heavy atom. The lowest BCUT2D eigenvalue weighted by Gasteiger charge is -1.99. The number of nitrogens with two attached hydrogens (primary N) is 1. The van der Waals surface area contributed by atoms with Gasteiger partial charge in [0.1, 0.15) is 5.69 Å². The van der Waals surface area contributed by atoms with E-state index < -0.39 is 5.97 Å². The molecule has 0 amide bonds. The first-order valence-electron chi connectivity index (χ1n) is 3.27. The second-order valence-corrected chi connectivity index (χ2v) is 2.39. The maximum absolute atomic E-state index is 10.5. The van der Waals surface area contributed by atoms with E-state index in [0.717, 1.165) is 0 Å². The zero-order valence-corrected chi connectivity index (χ0v) is 6.48. The number of carboxylic acids is 1. The molecule has 64 valence electrons. The summed E-state index contributed by atoms with van der Waals surface area (Å²) in [6.07, 6.45) is 0. The summed E-state index contributed by atoms with van der Waals surface area (Å²) in [6.45, 7) is 1.61. The second-order valence-electron chi connectivity index (χ2n) is 2.39.